The number of hydrogen-bond acceptors (Lipinski definition) is 5. The Balaban J connectivity index is 1.74. The summed E-state index contributed by atoms with van der Waals surface area (Å²) in [5, 5.41) is 2.97. The van der Waals surface area contributed by atoms with Crippen LogP contribution < -0.4 is 9.47 Å². The predicted octanol–water partition coefficient (Wildman–Crippen LogP) is 5.27. The molecule has 0 fully saturated rings. The minimum atomic E-state index is 0.537. The molecule has 1 aliphatic heterocycles. The van der Waals surface area contributed by atoms with Crippen LogP contribution in [0, 0.1) is 6.92 Å². The summed E-state index contributed by atoms with van der Waals surface area (Å²) in [6.07, 6.45) is 0. The summed E-state index contributed by atoms with van der Waals surface area (Å²) in [7, 11) is 0. The molecule has 22 heavy (non-hydrogen) atoms. The molecule has 0 aliphatic carbocycles. The first-order valence-corrected chi connectivity index (χ1v) is 8.90. The van der Waals surface area contributed by atoms with E-state index < -0.39 is 0 Å². The van der Waals surface area contributed by atoms with Crippen LogP contribution in [-0.2, 0) is 0 Å². The number of rotatable bonds is 2. The highest BCUT2D eigenvalue weighted by molar-refractivity contribution is 7.24. The van der Waals surface area contributed by atoms with Gasteiger partial charge in [0.1, 0.15) is 27.4 Å². The van der Waals surface area contributed by atoms with E-state index in [2.05, 4.69) is 36.6 Å². The molecule has 0 radical (unpaired) electrons. The van der Waals surface area contributed by atoms with Crippen molar-refractivity contribution in [3.8, 4) is 32.6 Å². The molecule has 0 bridgehead atoms. The number of thiazole rings is 1. The number of benzene rings is 1. The number of thiophene rings is 1. The summed E-state index contributed by atoms with van der Waals surface area (Å²) in [4.78, 5) is 5.68. The molecule has 0 unspecified atom stereocenters. The third-order valence-electron chi connectivity index (χ3n) is 3.40. The highest BCUT2D eigenvalue weighted by Crippen LogP contribution is 2.52. The average Bonchev–Trinajstić information content (AvgIpc) is 3.14. The molecule has 0 saturated carbocycles. The Kier molecular flexibility index (Phi) is 3.56. The van der Waals surface area contributed by atoms with Gasteiger partial charge in [-0.1, -0.05) is 41.4 Å². The normalized spacial score (nSPS) is 13.4. The summed E-state index contributed by atoms with van der Waals surface area (Å²) in [5.41, 5.74) is 3.32. The van der Waals surface area contributed by atoms with Crippen molar-refractivity contribution in [3.63, 3.8) is 0 Å². The minimum Gasteiger partial charge on any atom is -0.484 e. The molecule has 2 aromatic heterocycles. The Morgan fingerprint density at radius 1 is 1.09 bits per heavy atom. The molecule has 0 amide bonds. The third-order valence-corrected chi connectivity index (χ3v) is 5.74. The zero-order valence-corrected chi connectivity index (χ0v) is 14.1. The lowest BCUT2D eigenvalue weighted by Gasteiger charge is -2.15. The van der Waals surface area contributed by atoms with E-state index >= 15 is 0 Å². The Bertz CT molecular complexity index is 823. The van der Waals surface area contributed by atoms with Gasteiger partial charge in [-0.25, -0.2) is 4.98 Å². The molecule has 1 aliphatic rings. The van der Waals surface area contributed by atoms with E-state index in [1.807, 2.05) is 0 Å². The van der Waals surface area contributed by atoms with Crippen LogP contribution >= 0.6 is 34.3 Å². The summed E-state index contributed by atoms with van der Waals surface area (Å²) >= 11 is 9.29. The van der Waals surface area contributed by atoms with E-state index in [9.17, 15) is 0 Å². The van der Waals surface area contributed by atoms with Gasteiger partial charge < -0.3 is 9.47 Å². The smallest absolute Gasteiger partial charge is 0.191 e. The van der Waals surface area contributed by atoms with Crippen molar-refractivity contribution in [3.05, 3.63) is 39.5 Å². The van der Waals surface area contributed by atoms with Crippen LogP contribution in [0.25, 0.3) is 21.1 Å². The van der Waals surface area contributed by atoms with Gasteiger partial charge in [0.05, 0.1) is 5.69 Å². The van der Waals surface area contributed by atoms with Crippen LogP contribution in [0.5, 0.6) is 11.5 Å². The molecule has 0 spiro atoms. The Morgan fingerprint density at radius 3 is 2.59 bits per heavy atom. The fraction of sp³-hybridized carbons (Fsp3) is 0.188. The quantitative estimate of drug-likeness (QED) is 0.631. The highest BCUT2D eigenvalue weighted by atomic mass is 35.5. The minimum absolute atomic E-state index is 0.537. The number of nitrogens with zero attached hydrogens (tertiary/aromatic N) is 1. The van der Waals surface area contributed by atoms with Crippen molar-refractivity contribution in [1.82, 2.24) is 4.98 Å². The summed E-state index contributed by atoms with van der Waals surface area (Å²) < 4.78 is 11.9. The SMILES string of the molecule is Cc1ccc(-c2csc(-c3sc(Cl)c4c3OCCO4)n2)cc1. The zero-order valence-electron chi connectivity index (χ0n) is 11.8. The van der Waals surface area contributed by atoms with Gasteiger partial charge in [-0.2, -0.15) is 0 Å². The van der Waals surface area contributed by atoms with Gasteiger partial charge in [-0.05, 0) is 6.92 Å². The molecule has 0 saturated heterocycles. The molecule has 0 N–H and O–H groups in total. The largest absolute Gasteiger partial charge is 0.484 e. The topological polar surface area (TPSA) is 31.4 Å². The van der Waals surface area contributed by atoms with Gasteiger partial charge in [0, 0.05) is 10.9 Å². The first kappa shape index (κ1) is 14.1. The molecule has 1 aromatic carbocycles. The lowest BCUT2D eigenvalue weighted by molar-refractivity contribution is 0.174. The summed E-state index contributed by atoms with van der Waals surface area (Å²) in [5.74, 6) is 1.38. The van der Waals surface area contributed by atoms with E-state index in [1.165, 1.54) is 16.9 Å². The number of aryl methyl sites for hydroxylation is 1. The van der Waals surface area contributed by atoms with E-state index in [0.717, 1.165) is 26.9 Å². The van der Waals surface area contributed by atoms with Crippen LogP contribution in [0.4, 0.5) is 0 Å². The number of halogens is 1. The standard InChI is InChI=1S/C16H12ClNO2S2/c1-9-2-4-10(5-3-9)11-8-21-16(18-11)14-12-13(15(17)22-14)20-7-6-19-12/h2-5,8H,6-7H2,1H3. The Morgan fingerprint density at radius 2 is 1.82 bits per heavy atom. The Hall–Kier alpha value is -1.56. The van der Waals surface area contributed by atoms with Gasteiger partial charge in [-0.15, -0.1) is 22.7 Å². The van der Waals surface area contributed by atoms with E-state index in [0.29, 0.717) is 23.3 Å². The summed E-state index contributed by atoms with van der Waals surface area (Å²) in [6.45, 7) is 3.16. The lowest BCUT2D eigenvalue weighted by Crippen LogP contribution is -2.14. The first-order chi connectivity index (χ1) is 10.7. The van der Waals surface area contributed by atoms with E-state index in [4.69, 9.17) is 26.1 Å². The zero-order chi connectivity index (χ0) is 15.1. The second kappa shape index (κ2) is 5.57. The maximum Gasteiger partial charge on any atom is 0.191 e. The van der Waals surface area contributed by atoms with E-state index in [1.54, 1.807) is 11.3 Å². The first-order valence-electron chi connectivity index (χ1n) is 6.83. The van der Waals surface area contributed by atoms with E-state index in [-0.39, 0.29) is 0 Å². The second-order valence-corrected chi connectivity index (χ2v) is 7.44. The molecule has 0 atom stereocenters. The van der Waals surface area contributed by atoms with Crippen molar-refractivity contribution in [1.29, 1.82) is 0 Å². The van der Waals surface area contributed by atoms with Gasteiger partial charge in [0.25, 0.3) is 0 Å². The van der Waals surface area contributed by atoms with Crippen molar-refractivity contribution >= 4 is 34.3 Å². The van der Waals surface area contributed by atoms with Crippen molar-refractivity contribution < 1.29 is 9.47 Å². The van der Waals surface area contributed by atoms with Crippen LogP contribution in [0.1, 0.15) is 5.56 Å². The molecule has 3 aromatic rings. The van der Waals surface area contributed by atoms with Crippen LogP contribution in [0.2, 0.25) is 4.34 Å². The third kappa shape index (κ3) is 2.39. The van der Waals surface area contributed by atoms with Gasteiger partial charge in [0.15, 0.2) is 11.5 Å². The van der Waals surface area contributed by atoms with Crippen molar-refractivity contribution in [2.75, 3.05) is 13.2 Å². The maximum atomic E-state index is 6.24. The number of fused-ring (bicyclic) bond motifs is 1. The number of aromatic nitrogens is 1. The average molecular weight is 350 g/mol. The lowest BCUT2D eigenvalue weighted by atomic mass is 10.1. The molecule has 6 heteroatoms. The Labute approximate surface area is 141 Å². The van der Waals surface area contributed by atoms with Crippen LogP contribution in [-0.4, -0.2) is 18.2 Å². The molecular weight excluding hydrogens is 338 g/mol. The maximum absolute atomic E-state index is 6.24. The van der Waals surface area contributed by atoms with Crippen molar-refractivity contribution in [2.45, 2.75) is 6.92 Å². The molecule has 3 heterocycles. The fourth-order valence-corrected chi connectivity index (χ4v) is 4.50. The number of ether oxygens (including phenoxy) is 2. The van der Waals surface area contributed by atoms with Crippen molar-refractivity contribution in [2.24, 2.45) is 0 Å². The van der Waals surface area contributed by atoms with Crippen LogP contribution in [0.15, 0.2) is 29.6 Å². The van der Waals surface area contributed by atoms with Gasteiger partial charge >= 0.3 is 0 Å². The van der Waals surface area contributed by atoms with Gasteiger partial charge in [0.2, 0.25) is 0 Å². The molecule has 3 nitrogen and oxygen atoms in total. The molecular formula is C16H12ClNO2S2. The van der Waals surface area contributed by atoms with Gasteiger partial charge in [-0.3, -0.25) is 0 Å². The van der Waals surface area contributed by atoms with Crippen LogP contribution in [0.3, 0.4) is 0 Å². The fourth-order valence-electron chi connectivity index (χ4n) is 2.29. The molecule has 112 valence electrons. The monoisotopic (exact) mass is 349 g/mol. The second-order valence-electron chi connectivity index (χ2n) is 4.96. The summed E-state index contributed by atoms with van der Waals surface area (Å²) in [6, 6.07) is 8.36. The predicted molar refractivity (Wildman–Crippen MR) is 91.6 cm³/mol. The molecule has 4 rings (SSSR count). The number of hydrogen-bond donors (Lipinski definition) is 0. The highest BCUT2D eigenvalue weighted by Gasteiger charge is 2.26.